The monoisotopic (exact) mass is 326 g/mol. The Morgan fingerprint density at radius 2 is 1.90 bits per heavy atom. The summed E-state index contributed by atoms with van der Waals surface area (Å²) in [5.74, 6) is 0.560. The maximum absolute atomic E-state index is 10.4. The van der Waals surface area contributed by atoms with Crippen LogP contribution in [-0.2, 0) is 21.0 Å². The standard InChI is InChI=1S/C13H20O4S2.Na/c1-13(2,3)11-9-10(6-7-12(11)14)5-4-8-18-19(15,16)17;/h6-7,9,14H,4-5,8H2,1-3H3,(H,15,16,17);/q;+1/p-1. The molecule has 0 amide bonds. The van der Waals surface area contributed by atoms with E-state index in [-0.39, 0.29) is 46.5 Å². The van der Waals surface area contributed by atoms with Gasteiger partial charge in [0.25, 0.3) is 0 Å². The molecule has 1 aromatic carbocycles. The van der Waals surface area contributed by atoms with Crippen LogP contribution in [0.25, 0.3) is 0 Å². The molecule has 0 saturated heterocycles. The van der Waals surface area contributed by atoms with Gasteiger partial charge in [-0.3, -0.25) is 0 Å². The molecule has 0 unspecified atom stereocenters. The summed E-state index contributed by atoms with van der Waals surface area (Å²) >= 11 is 0. The first-order valence-corrected chi connectivity index (χ1v) is 8.93. The Kier molecular flexibility index (Phi) is 8.17. The molecule has 7 heteroatoms. The average Bonchev–Trinajstić information content (AvgIpc) is 2.23. The van der Waals surface area contributed by atoms with Gasteiger partial charge in [0.05, 0.1) is 0 Å². The van der Waals surface area contributed by atoms with Crippen LogP contribution in [-0.4, -0.2) is 23.8 Å². The molecule has 0 atom stereocenters. The third kappa shape index (κ3) is 7.33. The third-order valence-electron chi connectivity index (χ3n) is 2.71. The van der Waals surface area contributed by atoms with E-state index in [0.29, 0.717) is 23.6 Å². The summed E-state index contributed by atoms with van der Waals surface area (Å²) in [6.07, 6.45) is 1.30. The van der Waals surface area contributed by atoms with Crippen LogP contribution in [0.4, 0.5) is 0 Å². The minimum Gasteiger partial charge on any atom is -0.739 e. The van der Waals surface area contributed by atoms with Gasteiger partial charge in [-0.05, 0) is 46.2 Å². The number of benzene rings is 1. The van der Waals surface area contributed by atoms with Crippen molar-refractivity contribution in [2.75, 3.05) is 5.75 Å². The van der Waals surface area contributed by atoms with Crippen molar-refractivity contribution >= 4 is 19.9 Å². The van der Waals surface area contributed by atoms with E-state index < -0.39 is 9.15 Å². The molecule has 20 heavy (non-hydrogen) atoms. The number of rotatable bonds is 5. The Labute approximate surface area is 146 Å². The van der Waals surface area contributed by atoms with Crippen LogP contribution in [0, 0.1) is 0 Å². The zero-order valence-corrected chi connectivity index (χ0v) is 16.0. The van der Waals surface area contributed by atoms with Gasteiger partial charge in [0.2, 0.25) is 0 Å². The number of aromatic hydroxyl groups is 1. The maximum atomic E-state index is 10.4. The van der Waals surface area contributed by atoms with Gasteiger partial charge in [0, 0.05) is 5.75 Å². The van der Waals surface area contributed by atoms with E-state index in [4.69, 9.17) is 0 Å². The first kappa shape index (κ1) is 20.3. The Morgan fingerprint density at radius 1 is 1.30 bits per heavy atom. The van der Waals surface area contributed by atoms with Gasteiger partial charge >= 0.3 is 29.6 Å². The molecule has 0 spiro atoms. The van der Waals surface area contributed by atoms with Crippen LogP contribution >= 0.6 is 10.8 Å². The SMILES string of the molecule is CC(C)(C)c1cc(CCCSS(=O)(=O)[O-])ccc1O.[Na+]. The summed E-state index contributed by atoms with van der Waals surface area (Å²) in [4.78, 5) is 0. The molecule has 0 bridgehead atoms. The van der Waals surface area contributed by atoms with E-state index in [1.165, 1.54) is 0 Å². The van der Waals surface area contributed by atoms with Crippen LogP contribution < -0.4 is 29.6 Å². The van der Waals surface area contributed by atoms with Crippen molar-refractivity contribution in [3.05, 3.63) is 29.3 Å². The van der Waals surface area contributed by atoms with Gasteiger partial charge in [0.1, 0.15) is 14.9 Å². The van der Waals surface area contributed by atoms with Crippen molar-refractivity contribution in [3.63, 3.8) is 0 Å². The van der Waals surface area contributed by atoms with Gasteiger partial charge in [-0.2, -0.15) is 0 Å². The second-order valence-corrected chi connectivity index (χ2v) is 8.83. The fourth-order valence-corrected chi connectivity index (χ4v) is 3.21. The average molecular weight is 326 g/mol. The second kappa shape index (κ2) is 8.06. The van der Waals surface area contributed by atoms with Crippen molar-refractivity contribution in [2.45, 2.75) is 39.0 Å². The summed E-state index contributed by atoms with van der Waals surface area (Å²) in [5.41, 5.74) is 1.76. The maximum Gasteiger partial charge on any atom is 1.00 e. The first-order chi connectivity index (χ1) is 8.59. The molecule has 1 rings (SSSR count). The van der Waals surface area contributed by atoms with Gasteiger partial charge in [0.15, 0.2) is 0 Å². The Bertz CT molecular complexity index is 536. The Morgan fingerprint density at radius 3 is 2.40 bits per heavy atom. The second-order valence-electron chi connectivity index (χ2n) is 5.44. The van der Waals surface area contributed by atoms with E-state index in [2.05, 4.69) is 0 Å². The Balaban J connectivity index is 0.00000361. The van der Waals surface area contributed by atoms with Crippen LogP contribution in [0.5, 0.6) is 5.75 Å². The van der Waals surface area contributed by atoms with Gasteiger partial charge in [-0.25, -0.2) is 8.42 Å². The molecular weight excluding hydrogens is 307 g/mol. The third-order valence-corrected chi connectivity index (χ3v) is 4.82. The number of aryl methyl sites for hydroxylation is 1. The van der Waals surface area contributed by atoms with Gasteiger partial charge in [-0.1, -0.05) is 32.9 Å². The van der Waals surface area contributed by atoms with E-state index in [1.54, 1.807) is 6.07 Å². The first-order valence-electron chi connectivity index (χ1n) is 6.02. The molecule has 0 saturated carbocycles. The van der Waals surface area contributed by atoms with E-state index in [9.17, 15) is 18.1 Å². The molecule has 0 radical (unpaired) electrons. The van der Waals surface area contributed by atoms with Crippen molar-refractivity contribution in [1.29, 1.82) is 0 Å². The summed E-state index contributed by atoms with van der Waals surface area (Å²) in [6, 6.07) is 5.42. The van der Waals surface area contributed by atoms with Crippen molar-refractivity contribution < 1.29 is 47.6 Å². The quantitative estimate of drug-likeness (QED) is 0.351. The number of phenolic OH excluding ortho intramolecular Hbond substituents is 1. The van der Waals surface area contributed by atoms with Crippen LogP contribution in [0.1, 0.15) is 38.3 Å². The molecule has 108 valence electrons. The normalized spacial score (nSPS) is 12.0. The van der Waals surface area contributed by atoms with Gasteiger partial charge in [-0.15, -0.1) is 0 Å². The largest absolute Gasteiger partial charge is 1.00 e. The molecule has 0 aromatic heterocycles. The van der Waals surface area contributed by atoms with Crippen LogP contribution in [0.2, 0.25) is 0 Å². The fraction of sp³-hybridized carbons (Fsp3) is 0.538. The fourth-order valence-electron chi connectivity index (χ4n) is 1.78. The van der Waals surface area contributed by atoms with E-state index >= 15 is 0 Å². The van der Waals surface area contributed by atoms with Crippen molar-refractivity contribution in [2.24, 2.45) is 0 Å². The summed E-state index contributed by atoms with van der Waals surface area (Å²) in [5, 5.41) is 9.82. The van der Waals surface area contributed by atoms with Crippen LogP contribution in [0.3, 0.4) is 0 Å². The van der Waals surface area contributed by atoms with Gasteiger partial charge < -0.3 is 9.66 Å². The molecular formula is C13H19NaO4S2. The molecule has 0 fully saturated rings. The zero-order valence-electron chi connectivity index (χ0n) is 12.3. The van der Waals surface area contributed by atoms with Crippen molar-refractivity contribution in [1.82, 2.24) is 0 Å². The molecule has 1 N–H and O–H groups in total. The van der Waals surface area contributed by atoms with Crippen molar-refractivity contribution in [3.8, 4) is 5.75 Å². The summed E-state index contributed by atoms with van der Waals surface area (Å²) < 4.78 is 31.3. The molecule has 1 aromatic rings. The summed E-state index contributed by atoms with van der Waals surface area (Å²) in [7, 11) is -3.76. The number of phenols is 1. The molecule has 0 aliphatic rings. The number of hydrogen-bond donors (Lipinski definition) is 1. The minimum absolute atomic E-state index is 0. The zero-order chi connectivity index (χ0) is 14.7. The van der Waals surface area contributed by atoms with E-state index in [1.807, 2.05) is 32.9 Å². The molecule has 4 nitrogen and oxygen atoms in total. The topological polar surface area (TPSA) is 77.4 Å². The predicted molar refractivity (Wildman–Crippen MR) is 77.3 cm³/mol. The minimum atomic E-state index is -4.19. The predicted octanol–water partition coefficient (Wildman–Crippen LogP) is -0.180. The number of hydrogen-bond acceptors (Lipinski definition) is 5. The summed E-state index contributed by atoms with van der Waals surface area (Å²) in [6.45, 7) is 6.06. The Hall–Kier alpha value is 0.280. The molecule has 0 aliphatic heterocycles. The molecule has 0 heterocycles. The molecule has 0 aliphatic carbocycles. The van der Waals surface area contributed by atoms with Crippen LogP contribution in [0.15, 0.2) is 18.2 Å². The smallest absolute Gasteiger partial charge is 0.739 e. The van der Waals surface area contributed by atoms with E-state index in [0.717, 1.165) is 11.1 Å².